The maximum Gasteiger partial charge on any atom is 0.573 e. The predicted octanol–water partition coefficient (Wildman–Crippen LogP) is 3.78. The maximum atomic E-state index is 12.3. The molecule has 2 aromatic rings. The van der Waals surface area contributed by atoms with E-state index in [1.165, 1.54) is 18.2 Å². The van der Waals surface area contributed by atoms with E-state index in [0.717, 1.165) is 0 Å². The van der Waals surface area contributed by atoms with Gasteiger partial charge < -0.3 is 14.6 Å². The summed E-state index contributed by atoms with van der Waals surface area (Å²) < 4.78 is 45.9. The molecule has 0 saturated carbocycles. The molecule has 0 spiro atoms. The summed E-state index contributed by atoms with van der Waals surface area (Å²) in [6.07, 6.45) is -4.07. The second-order valence-corrected chi connectivity index (χ2v) is 5.10. The van der Waals surface area contributed by atoms with Crippen LogP contribution in [0.1, 0.15) is 25.6 Å². The molecule has 0 unspecified atom stereocenters. The third-order valence-electron chi connectivity index (χ3n) is 2.64. The van der Waals surface area contributed by atoms with Crippen molar-refractivity contribution < 1.29 is 22.4 Å². The largest absolute Gasteiger partial charge is 0.573 e. The molecule has 1 heterocycles. The van der Waals surface area contributed by atoms with Crippen molar-refractivity contribution in [1.82, 2.24) is 10.1 Å². The Labute approximate surface area is 125 Å². The summed E-state index contributed by atoms with van der Waals surface area (Å²) >= 11 is 0. The van der Waals surface area contributed by atoms with Crippen LogP contribution >= 0.6 is 0 Å². The van der Waals surface area contributed by atoms with Crippen LogP contribution in [-0.4, -0.2) is 16.5 Å². The van der Waals surface area contributed by atoms with Crippen molar-refractivity contribution in [3.05, 3.63) is 36.0 Å². The molecule has 0 aliphatic carbocycles. The first-order valence-electron chi connectivity index (χ1n) is 6.73. The van der Waals surface area contributed by atoms with E-state index in [2.05, 4.69) is 20.2 Å². The van der Waals surface area contributed by atoms with E-state index in [4.69, 9.17) is 4.52 Å². The molecule has 0 atom stereocenters. The fourth-order valence-corrected chi connectivity index (χ4v) is 1.81. The van der Waals surface area contributed by atoms with Gasteiger partial charge in [-0.2, -0.15) is 4.98 Å². The molecule has 2 rings (SSSR count). The Bertz CT molecular complexity index is 611. The van der Waals surface area contributed by atoms with Gasteiger partial charge in [0, 0.05) is 6.42 Å². The molecule has 1 aromatic carbocycles. The molecule has 8 heteroatoms. The summed E-state index contributed by atoms with van der Waals surface area (Å²) in [6, 6.07) is 5.77. The minimum Gasteiger partial charge on any atom is -0.404 e. The quantitative estimate of drug-likeness (QED) is 0.879. The van der Waals surface area contributed by atoms with Crippen LogP contribution in [0.2, 0.25) is 0 Å². The van der Waals surface area contributed by atoms with E-state index < -0.39 is 6.36 Å². The van der Waals surface area contributed by atoms with Gasteiger partial charge in [-0.15, -0.1) is 13.2 Å². The number of rotatable bonds is 6. The molecule has 0 amide bonds. The van der Waals surface area contributed by atoms with Gasteiger partial charge >= 0.3 is 6.36 Å². The summed E-state index contributed by atoms with van der Waals surface area (Å²) in [5.74, 6) is 0.959. The molecule has 22 heavy (non-hydrogen) atoms. The van der Waals surface area contributed by atoms with Gasteiger partial charge in [-0.3, -0.25) is 0 Å². The maximum absolute atomic E-state index is 12.3. The number of benzene rings is 1. The van der Waals surface area contributed by atoms with Crippen molar-refractivity contribution in [3.8, 4) is 5.75 Å². The molecular weight excluding hydrogens is 299 g/mol. The molecule has 0 bridgehead atoms. The first-order chi connectivity index (χ1) is 10.3. The average molecular weight is 315 g/mol. The van der Waals surface area contributed by atoms with Crippen LogP contribution in [0.15, 0.2) is 28.8 Å². The lowest BCUT2D eigenvalue weighted by Crippen LogP contribution is -2.18. The molecular formula is C14H16F3N3O2. The standard InChI is InChI=1S/C14H16F3N3O2/c1-9(2)7-12-19-13(22-20-12)8-18-10-5-3-4-6-11(10)21-14(15,16)17/h3-6,9,18H,7-8H2,1-2H3. The minimum absolute atomic E-state index is 0.114. The Balaban J connectivity index is 2.01. The fourth-order valence-electron chi connectivity index (χ4n) is 1.81. The number of hydrogen-bond acceptors (Lipinski definition) is 5. The summed E-state index contributed by atoms with van der Waals surface area (Å²) in [6.45, 7) is 4.17. The van der Waals surface area contributed by atoms with Crippen LogP contribution in [0.4, 0.5) is 18.9 Å². The lowest BCUT2D eigenvalue weighted by molar-refractivity contribution is -0.274. The number of nitrogens with one attached hydrogen (secondary N) is 1. The monoisotopic (exact) mass is 315 g/mol. The Kier molecular flexibility index (Phi) is 4.89. The third-order valence-corrected chi connectivity index (χ3v) is 2.64. The van der Waals surface area contributed by atoms with Crippen LogP contribution in [0, 0.1) is 5.92 Å². The minimum atomic E-state index is -4.74. The van der Waals surface area contributed by atoms with Gasteiger partial charge in [0.1, 0.15) is 0 Å². The second-order valence-electron chi connectivity index (χ2n) is 5.10. The zero-order valence-electron chi connectivity index (χ0n) is 12.1. The number of alkyl halides is 3. The summed E-state index contributed by atoms with van der Waals surface area (Å²) in [5, 5.41) is 6.61. The zero-order valence-corrected chi connectivity index (χ0v) is 12.1. The molecule has 120 valence electrons. The number of nitrogens with zero attached hydrogens (tertiary/aromatic N) is 2. The Hall–Kier alpha value is -2.25. The van der Waals surface area contributed by atoms with Crippen molar-refractivity contribution >= 4 is 5.69 Å². The van der Waals surface area contributed by atoms with Crippen LogP contribution < -0.4 is 10.1 Å². The van der Waals surface area contributed by atoms with Crippen molar-refractivity contribution in [2.24, 2.45) is 5.92 Å². The van der Waals surface area contributed by atoms with Gasteiger partial charge in [0.05, 0.1) is 12.2 Å². The first kappa shape index (κ1) is 16.1. The van der Waals surface area contributed by atoms with Gasteiger partial charge in [-0.05, 0) is 18.1 Å². The van der Waals surface area contributed by atoms with E-state index in [1.807, 2.05) is 13.8 Å². The molecule has 1 aromatic heterocycles. The number of hydrogen-bond donors (Lipinski definition) is 1. The van der Waals surface area contributed by atoms with Crippen molar-refractivity contribution in [3.63, 3.8) is 0 Å². The van der Waals surface area contributed by atoms with Gasteiger partial charge in [-0.1, -0.05) is 31.1 Å². The Morgan fingerprint density at radius 1 is 1.27 bits per heavy atom. The second kappa shape index (κ2) is 6.67. The summed E-state index contributed by atoms with van der Waals surface area (Å²) in [4.78, 5) is 4.17. The van der Waals surface area contributed by atoms with Gasteiger partial charge in [-0.25, -0.2) is 0 Å². The van der Waals surface area contributed by atoms with Crippen LogP contribution in [-0.2, 0) is 13.0 Å². The number of aromatic nitrogens is 2. The van der Waals surface area contributed by atoms with E-state index >= 15 is 0 Å². The van der Waals surface area contributed by atoms with E-state index in [9.17, 15) is 13.2 Å². The molecule has 1 N–H and O–H groups in total. The topological polar surface area (TPSA) is 60.2 Å². The molecule has 0 aliphatic rings. The van der Waals surface area contributed by atoms with Crippen molar-refractivity contribution in [2.45, 2.75) is 33.2 Å². The van der Waals surface area contributed by atoms with Crippen LogP contribution in [0.25, 0.3) is 0 Å². The predicted molar refractivity (Wildman–Crippen MR) is 73.3 cm³/mol. The molecule has 0 radical (unpaired) electrons. The first-order valence-corrected chi connectivity index (χ1v) is 6.73. The summed E-state index contributed by atoms with van der Waals surface area (Å²) in [5.41, 5.74) is 0.198. The summed E-state index contributed by atoms with van der Waals surface area (Å²) in [7, 11) is 0. The fraction of sp³-hybridized carbons (Fsp3) is 0.429. The number of halogens is 3. The normalized spacial score (nSPS) is 11.7. The highest BCUT2D eigenvalue weighted by Gasteiger charge is 2.32. The third kappa shape index (κ3) is 4.94. The number of ether oxygens (including phenoxy) is 1. The van der Waals surface area contributed by atoms with E-state index in [0.29, 0.717) is 24.1 Å². The van der Waals surface area contributed by atoms with Crippen molar-refractivity contribution in [1.29, 1.82) is 0 Å². The van der Waals surface area contributed by atoms with E-state index in [1.54, 1.807) is 6.07 Å². The van der Waals surface area contributed by atoms with Crippen molar-refractivity contribution in [2.75, 3.05) is 5.32 Å². The molecule has 5 nitrogen and oxygen atoms in total. The van der Waals surface area contributed by atoms with E-state index in [-0.39, 0.29) is 18.0 Å². The molecule has 0 fully saturated rings. The zero-order chi connectivity index (χ0) is 16.2. The Morgan fingerprint density at radius 2 is 2.00 bits per heavy atom. The average Bonchev–Trinajstić information content (AvgIpc) is 2.82. The smallest absolute Gasteiger partial charge is 0.404 e. The Morgan fingerprint density at radius 3 is 2.68 bits per heavy atom. The van der Waals surface area contributed by atoms with Crippen LogP contribution in [0.3, 0.4) is 0 Å². The van der Waals surface area contributed by atoms with Crippen LogP contribution in [0.5, 0.6) is 5.75 Å². The molecule has 0 aliphatic heterocycles. The number of para-hydroxylation sites is 2. The SMILES string of the molecule is CC(C)Cc1noc(CNc2ccccc2OC(F)(F)F)n1. The highest BCUT2D eigenvalue weighted by molar-refractivity contribution is 5.56. The molecule has 0 saturated heterocycles. The highest BCUT2D eigenvalue weighted by atomic mass is 19.4. The number of anilines is 1. The highest BCUT2D eigenvalue weighted by Crippen LogP contribution is 2.30. The van der Waals surface area contributed by atoms with Gasteiger partial charge in [0.25, 0.3) is 0 Å². The lowest BCUT2D eigenvalue weighted by atomic mass is 10.1. The van der Waals surface area contributed by atoms with Gasteiger partial charge in [0.2, 0.25) is 5.89 Å². The lowest BCUT2D eigenvalue weighted by Gasteiger charge is -2.13. The van der Waals surface area contributed by atoms with Gasteiger partial charge in [0.15, 0.2) is 11.6 Å².